The summed E-state index contributed by atoms with van der Waals surface area (Å²) in [4.78, 5) is 35.7. The number of rotatable bonds is 7. The number of β-lactam (4-membered cyclic amide) rings is 1. The predicted octanol–water partition coefficient (Wildman–Crippen LogP) is -2.89. The van der Waals surface area contributed by atoms with Gasteiger partial charge >= 0.3 is 51.4 Å². The minimum absolute atomic E-state index is 0. The molecule has 3 atom stereocenters. The fourth-order valence-corrected chi connectivity index (χ4v) is 7.68. The van der Waals surface area contributed by atoms with Crippen LogP contribution in [0.3, 0.4) is 0 Å². The van der Waals surface area contributed by atoms with Crippen LogP contribution in [0.25, 0.3) is 0 Å². The van der Waals surface area contributed by atoms with E-state index in [9.17, 15) is 24.6 Å². The number of nitrogens with one attached hydrogen (secondary N) is 1. The number of aliphatic hydroxyl groups excluding tert-OH is 1. The summed E-state index contributed by atoms with van der Waals surface area (Å²) < 4.78 is 1.10. The van der Waals surface area contributed by atoms with Gasteiger partial charge in [-0.1, -0.05) is 34.9 Å². The summed E-state index contributed by atoms with van der Waals surface area (Å²) in [6.07, 6.45) is -0.841. The van der Waals surface area contributed by atoms with Gasteiger partial charge in [0.15, 0.2) is 4.34 Å². The molecule has 1 saturated heterocycles. The van der Waals surface area contributed by atoms with E-state index in [4.69, 9.17) is 0 Å². The van der Waals surface area contributed by atoms with Crippen molar-refractivity contribution in [2.24, 2.45) is 5.92 Å². The predicted molar refractivity (Wildman–Crippen MR) is 98.0 cm³/mol. The van der Waals surface area contributed by atoms with Crippen LogP contribution in [-0.4, -0.2) is 54.6 Å². The van der Waals surface area contributed by atoms with Crippen molar-refractivity contribution in [3.8, 4) is 0 Å². The van der Waals surface area contributed by atoms with Gasteiger partial charge in [-0.3, -0.25) is 14.5 Å². The number of carbonyl (C=O) groups excluding carboxylic acids is 3. The molecular weight excluding hydrogens is 460 g/mol. The van der Waals surface area contributed by atoms with Crippen LogP contribution in [0.15, 0.2) is 14.3 Å². The Morgan fingerprint density at radius 3 is 2.70 bits per heavy atom. The van der Waals surface area contributed by atoms with E-state index in [0.29, 0.717) is 18.8 Å². The number of amides is 2. The third kappa shape index (κ3) is 5.10. The number of aliphatic carboxylic acids is 1. The van der Waals surface area contributed by atoms with E-state index in [1.165, 1.54) is 65.4 Å². The number of carbonyl (C=O) groups is 3. The molecule has 0 bridgehead atoms. The maximum absolute atomic E-state index is 12.1. The zero-order valence-electron chi connectivity index (χ0n) is 14.5. The third-order valence-corrected chi connectivity index (χ3v) is 8.28. The third-order valence-electron chi connectivity index (χ3n) is 3.52. The fraction of sp³-hybridized carbons (Fsp3) is 0.462. The molecule has 2 N–H and O–H groups in total. The average Bonchev–Trinajstić information content (AvgIpc) is 3.09. The smallest absolute Gasteiger partial charge is 0.543 e. The number of fused-ring (bicyclic) bond motifs is 1. The Bertz CT molecular complexity index is 801. The molecule has 0 aromatic carbocycles. The Morgan fingerprint density at radius 1 is 1.41 bits per heavy atom. The van der Waals surface area contributed by atoms with E-state index < -0.39 is 29.3 Å². The van der Waals surface area contributed by atoms with Gasteiger partial charge in [0, 0.05) is 6.92 Å². The monoisotopic (exact) mass is 472 g/mol. The summed E-state index contributed by atoms with van der Waals surface area (Å²) in [6, 6.07) is 0. The van der Waals surface area contributed by atoms with Gasteiger partial charge in [-0.05, 0) is 6.92 Å². The number of aromatic nitrogens is 2. The van der Waals surface area contributed by atoms with Gasteiger partial charge in [-0.2, -0.15) is 0 Å². The molecule has 0 saturated carbocycles. The summed E-state index contributed by atoms with van der Waals surface area (Å²) in [5.74, 6) is -2.65. The number of anilines is 1. The number of nitrogens with zero attached hydrogens (tertiary/aromatic N) is 3. The Hall–Kier alpha value is 0.356. The Balaban J connectivity index is 0.00000261. The van der Waals surface area contributed by atoms with Crippen molar-refractivity contribution in [1.29, 1.82) is 0 Å². The number of carboxylic acids is 1. The SMILES string of the molecule is CC(=O)Nc1nnc(SCSC2=C(C(=O)[O-])N3C(=O)[C@H]([C@@H](C)O)[C@H]3S2)s1.[K+]. The van der Waals surface area contributed by atoms with E-state index >= 15 is 0 Å². The second kappa shape index (κ2) is 9.91. The molecule has 27 heavy (non-hydrogen) atoms. The largest absolute Gasteiger partial charge is 1.00 e. The molecular formula is C13H13KN4O5S4. The van der Waals surface area contributed by atoms with E-state index in [0.717, 1.165) is 0 Å². The minimum Gasteiger partial charge on any atom is -0.543 e. The summed E-state index contributed by atoms with van der Waals surface area (Å²) in [5.41, 5.74) is -0.135. The van der Waals surface area contributed by atoms with Crippen LogP contribution < -0.4 is 61.8 Å². The van der Waals surface area contributed by atoms with Gasteiger partial charge in [0.1, 0.15) is 5.37 Å². The van der Waals surface area contributed by atoms with Gasteiger partial charge in [-0.25, -0.2) is 0 Å². The number of carboxylic acid groups (broad SMARTS) is 1. The van der Waals surface area contributed by atoms with Crippen LogP contribution in [0.5, 0.6) is 0 Å². The molecule has 0 aliphatic carbocycles. The molecule has 0 spiro atoms. The van der Waals surface area contributed by atoms with Crippen LogP contribution in [0, 0.1) is 5.92 Å². The van der Waals surface area contributed by atoms with Gasteiger partial charge in [-0.15, -0.1) is 22.0 Å². The van der Waals surface area contributed by atoms with Crippen molar-refractivity contribution in [2.75, 3.05) is 10.4 Å². The summed E-state index contributed by atoms with van der Waals surface area (Å²) >= 11 is 5.07. The zero-order chi connectivity index (χ0) is 19.0. The van der Waals surface area contributed by atoms with E-state index in [1.54, 1.807) is 0 Å². The van der Waals surface area contributed by atoms with Gasteiger partial charge in [0.25, 0.3) is 0 Å². The van der Waals surface area contributed by atoms with Crippen LogP contribution in [0.4, 0.5) is 5.13 Å². The number of hydrogen-bond acceptors (Lipinski definition) is 11. The first-order valence-electron chi connectivity index (χ1n) is 7.29. The Labute approximate surface area is 213 Å². The zero-order valence-corrected chi connectivity index (χ0v) is 20.9. The van der Waals surface area contributed by atoms with Crippen molar-refractivity contribution >= 4 is 69.5 Å². The van der Waals surface area contributed by atoms with Crippen LogP contribution >= 0.6 is 46.6 Å². The van der Waals surface area contributed by atoms with Gasteiger partial charge < -0.3 is 20.3 Å². The van der Waals surface area contributed by atoms with Crippen molar-refractivity contribution in [2.45, 2.75) is 29.7 Å². The van der Waals surface area contributed by atoms with Crippen LogP contribution in [-0.2, 0) is 14.4 Å². The number of hydrogen-bond donors (Lipinski definition) is 2. The van der Waals surface area contributed by atoms with Crippen molar-refractivity contribution in [1.82, 2.24) is 15.1 Å². The van der Waals surface area contributed by atoms with Gasteiger partial charge in [0.05, 0.1) is 33.0 Å². The fourth-order valence-electron chi connectivity index (χ4n) is 2.44. The first-order chi connectivity index (χ1) is 12.3. The average molecular weight is 473 g/mol. The molecule has 1 aromatic heterocycles. The molecule has 2 aliphatic heterocycles. The van der Waals surface area contributed by atoms with Crippen molar-refractivity contribution in [3.63, 3.8) is 0 Å². The summed E-state index contributed by atoms with van der Waals surface area (Å²) in [6.45, 7) is 2.89. The van der Waals surface area contributed by atoms with Crippen molar-refractivity contribution in [3.05, 3.63) is 9.93 Å². The Morgan fingerprint density at radius 2 is 2.11 bits per heavy atom. The molecule has 0 radical (unpaired) electrons. The molecule has 3 heterocycles. The molecule has 9 nitrogen and oxygen atoms in total. The minimum atomic E-state index is -1.41. The molecule has 3 rings (SSSR count). The molecule has 1 aromatic rings. The molecule has 2 amide bonds. The Kier molecular flexibility index (Phi) is 8.67. The maximum atomic E-state index is 12.1. The maximum Gasteiger partial charge on any atom is 1.00 e. The van der Waals surface area contributed by atoms with Crippen LogP contribution in [0.2, 0.25) is 0 Å². The van der Waals surface area contributed by atoms with E-state index in [2.05, 4.69) is 15.5 Å². The second-order valence-corrected chi connectivity index (χ2v) is 10.3. The second-order valence-electron chi connectivity index (χ2n) is 5.37. The van der Waals surface area contributed by atoms with Gasteiger partial charge in [0.2, 0.25) is 16.9 Å². The molecule has 0 unspecified atom stereocenters. The molecule has 140 valence electrons. The molecule has 1 fully saturated rings. The summed E-state index contributed by atoms with van der Waals surface area (Å²) in [7, 11) is 0. The normalized spacial score (nSPS) is 22.0. The first kappa shape index (κ1) is 23.6. The quantitative estimate of drug-likeness (QED) is 0.140. The molecule has 14 heteroatoms. The van der Waals surface area contributed by atoms with Crippen molar-refractivity contribution < 1.29 is 76.0 Å². The standard InChI is InChI=1S/C13H14N4O5S4.K/c1-4(18)6-8(20)17-7(10(21)22)11(25-9(6)17)23-3-24-13-16-15-12(26-13)14-5(2)19;/h4,6,9,18H,3H2,1-2H3,(H,21,22)(H,14,15,19);/q;+1/p-1/t4-,6+,9-;/m1./s1. The first-order valence-corrected chi connectivity index (χ1v) is 11.0. The van der Waals surface area contributed by atoms with Crippen LogP contribution in [0.1, 0.15) is 13.8 Å². The topological polar surface area (TPSA) is 136 Å². The van der Waals surface area contributed by atoms with E-state index in [-0.39, 0.29) is 63.0 Å². The van der Waals surface area contributed by atoms with E-state index in [1.807, 2.05) is 0 Å². The summed E-state index contributed by atoms with van der Waals surface area (Å²) in [5, 5.41) is 31.9. The number of thioether (sulfide) groups is 3. The molecule has 2 aliphatic rings. The number of aliphatic hydroxyl groups is 1.